The van der Waals surface area contributed by atoms with Gasteiger partial charge >= 0.3 is 0 Å². The van der Waals surface area contributed by atoms with Crippen LogP contribution in [-0.4, -0.2) is 11.7 Å². The minimum Gasteiger partial charge on any atom is -0.493 e. The van der Waals surface area contributed by atoms with E-state index in [2.05, 4.69) is 0 Å². The molecular weight excluding hydrogens is 240 g/mol. The summed E-state index contributed by atoms with van der Waals surface area (Å²) in [4.78, 5) is 0. The summed E-state index contributed by atoms with van der Waals surface area (Å²) in [5.74, 6) is 1.64. The molecule has 1 heterocycles. The van der Waals surface area contributed by atoms with Crippen LogP contribution in [0.3, 0.4) is 0 Å². The van der Waals surface area contributed by atoms with Gasteiger partial charge in [0, 0.05) is 17.5 Å². The smallest absolute Gasteiger partial charge is 0.125 e. The molecule has 0 bridgehead atoms. The minimum atomic E-state index is -0.994. The first kappa shape index (κ1) is 12.3. The largest absolute Gasteiger partial charge is 0.493 e. The first-order valence-electron chi connectivity index (χ1n) is 6.77. The fourth-order valence-corrected chi connectivity index (χ4v) is 2.91. The van der Waals surface area contributed by atoms with E-state index in [1.54, 1.807) is 6.26 Å². The van der Waals surface area contributed by atoms with Gasteiger partial charge in [0.25, 0.3) is 0 Å². The van der Waals surface area contributed by atoms with Crippen molar-refractivity contribution in [3.8, 4) is 5.75 Å². The maximum Gasteiger partial charge on any atom is 0.125 e. The summed E-state index contributed by atoms with van der Waals surface area (Å²) in [7, 11) is 0. The Balaban J connectivity index is 2.12. The predicted octanol–water partition coefficient (Wildman–Crippen LogP) is 3.25. The lowest BCUT2D eigenvalue weighted by Gasteiger charge is -2.33. The highest BCUT2D eigenvalue weighted by Gasteiger charge is 2.39. The zero-order valence-electron chi connectivity index (χ0n) is 11.1. The molecule has 0 radical (unpaired) electrons. The molecule has 2 aromatic rings. The lowest BCUT2D eigenvalue weighted by Crippen LogP contribution is -2.31. The van der Waals surface area contributed by atoms with Crippen molar-refractivity contribution < 1.29 is 14.3 Å². The van der Waals surface area contributed by atoms with Crippen LogP contribution in [0.5, 0.6) is 5.75 Å². The molecule has 0 spiro atoms. The average Bonchev–Trinajstić information content (AvgIpc) is 2.90. The number of rotatable bonds is 3. The van der Waals surface area contributed by atoms with Crippen molar-refractivity contribution in [1.82, 2.24) is 0 Å². The third-order valence-corrected chi connectivity index (χ3v) is 3.77. The van der Waals surface area contributed by atoms with E-state index in [0.29, 0.717) is 13.0 Å². The predicted molar refractivity (Wildman–Crippen MR) is 72.3 cm³/mol. The van der Waals surface area contributed by atoms with E-state index in [1.807, 2.05) is 37.3 Å². The molecule has 3 nitrogen and oxygen atoms in total. The Morgan fingerprint density at radius 3 is 2.95 bits per heavy atom. The normalized spacial score (nSPS) is 22.0. The summed E-state index contributed by atoms with van der Waals surface area (Å²) >= 11 is 0. The average molecular weight is 258 g/mol. The van der Waals surface area contributed by atoms with Gasteiger partial charge in [-0.25, -0.2) is 0 Å². The zero-order valence-corrected chi connectivity index (χ0v) is 11.1. The molecule has 1 unspecified atom stereocenters. The molecule has 1 N–H and O–H groups in total. The van der Waals surface area contributed by atoms with E-state index in [1.165, 1.54) is 0 Å². The summed E-state index contributed by atoms with van der Waals surface area (Å²) in [5, 5.41) is 11.2. The second kappa shape index (κ2) is 4.74. The maximum absolute atomic E-state index is 11.2. The Hall–Kier alpha value is -1.74. The Morgan fingerprint density at radius 1 is 1.26 bits per heavy atom. The van der Waals surface area contributed by atoms with Gasteiger partial charge in [0.05, 0.1) is 12.9 Å². The second-order valence-corrected chi connectivity index (χ2v) is 4.90. The molecule has 1 aliphatic rings. The second-order valence-electron chi connectivity index (χ2n) is 4.90. The van der Waals surface area contributed by atoms with Gasteiger partial charge in [0.2, 0.25) is 0 Å². The lowest BCUT2D eigenvalue weighted by atomic mass is 9.77. The summed E-state index contributed by atoms with van der Waals surface area (Å²) in [5.41, 5.74) is 0.719. The van der Waals surface area contributed by atoms with Crippen molar-refractivity contribution in [3.63, 3.8) is 0 Å². The molecule has 19 heavy (non-hydrogen) atoms. The van der Waals surface area contributed by atoms with Gasteiger partial charge in [-0.15, -0.1) is 0 Å². The number of hydrogen-bond acceptors (Lipinski definition) is 3. The highest BCUT2D eigenvalue weighted by atomic mass is 16.5. The maximum atomic E-state index is 11.2. The first-order chi connectivity index (χ1) is 9.25. The molecule has 1 atom stereocenters. The van der Waals surface area contributed by atoms with E-state index < -0.39 is 5.60 Å². The van der Waals surface area contributed by atoms with Crippen LogP contribution in [-0.2, 0) is 12.0 Å². The van der Waals surface area contributed by atoms with E-state index in [0.717, 1.165) is 35.5 Å². The number of furan rings is 1. The monoisotopic (exact) mass is 258 g/mol. The Kier molecular flexibility index (Phi) is 3.07. The number of para-hydroxylation sites is 1. The van der Waals surface area contributed by atoms with Crippen LogP contribution in [0.15, 0.2) is 41.0 Å². The van der Waals surface area contributed by atoms with Crippen molar-refractivity contribution in [1.29, 1.82) is 0 Å². The highest BCUT2D eigenvalue weighted by Crippen LogP contribution is 2.44. The molecule has 3 rings (SSSR count). The van der Waals surface area contributed by atoms with E-state index in [4.69, 9.17) is 9.15 Å². The topological polar surface area (TPSA) is 42.6 Å². The molecule has 0 amide bonds. The van der Waals surface area contributed by atoms with Crippen LogP contribution in [0, 0.1) is 0 Å². The van der Waals surface area contributed by atoms with E-state index in [9.17, 15) is 5.11 Å². The van der Waals surface area contributed by atoms with Gasteiger partial charge in [-0.1, -0.05) is 18.2 Å². The van der Waals surface area contributed by atoms with Crippen LogP contribution < -0.4 is 4.74 Å². The van der Waals surface area contributed by atoms with Crippen molar-refractivity contribution in [2.24, 2.45) is 0 Å². The van der Waals surface area contributed by atoms with Crippen LogP contribution >= 0.6 is 0 Å². The molecule has 0 aliphatic heterocycles. The number of fused-ring (bicyclic) bond motifs is 1. The quantitative estimate of drug-likeness (QED) is 0.919. The number of aliphatic hydroxyl groups is 1. The zero-order chi connectivity index (χ0) is 13.3. The molecule has 3 heteroatoms. The standard InChI is InChI=1S/C16H18O3/c1-2-18-14-7-4-3-6-12(14)16(17)10-5-8-15-13(16)9-11-19-15/h3-4,6-7,9,11,17H,2,5,8,10H2,1H3. The molecule has 0 saturated carbocycles. The molecule has 0 fully saturated rings. The highest BCUT2D eigenvalue weighted by molar-refractivity contribution is 5.46. The Labute approximate surface area is 112 Å². The molecular formula is C16H18O3. The number of aryl methyl sites for hydroxylation is 1. The third kappa shape index (κ3) is 1.94. The summed E-state index contributed by atoms with van der Waals surface area (Å²) in [6.07, 6.45) is 4.16. The molecule has 1 aromatic carbocycles. The van der Waals surface area contributed by atoms with Crippen LogP contribution in [0.1, 0.15) is 36.7 Å². The lowest BCUT2D eigenvalue weighted by molar-refractivity contribution is 0.0558. The molecule has 0 saturated heterocycles. The van der Waals surface area contributed by atoms with Crippen molar-refractivity contribution in [3.05, 3.63) is 53.5 Å². The first-order valence-corrected chi connectivity index (χ1v) is 6.77. The third-order valence-electron chi connectivity index (χ3n) is 3.77. The molecule has 1 aromatic heterocycles. The number of ether oxygens (including phenoxy) is 1. The Morgan fingerprint density at radius 2 is 2.11 bits per heavy atom. The summed E-state index contributed by atoms with van der Waals surface area (Å²) < 4.78 is 11.1. The Bertz CT molecular complexity index is 573. The SMILES string of the molecule is CCOc1ccccc1C1(O)CCCc2occc21. The molecule has 1 aliphatic carbocycles. The fraction of sp³-hybridized carbons (Fsp3) is 0.375. The van der Waals surface area contributed by atoms with Crippen LogP contribution in [0.4, 0.5) is 0 Å². The van der Waals surface area contributed by atoms with Gasteiger partial charge in [-0.05, 0) is 31.9 Å². The van der Waals surface area contributed by atoms with Gasteiger partial charge in [0.15, 0.2) is 0 Å². The van der Waals surface area contributed by atoms with E-state index in [-0.39, 0.29) is 0 Å². The van der Waals surface area contributed by atoms with E-state index >= 15 is 0 Å². The summed E-state index contributed by atoms with van der Waals surface area (Å²) in [6, 6.07) is 9.58. The van der Waals surface area contributed by atoms with Crippen molar-refractivity contribution in [2.75, 3.05) is 6.61 Å². The fourth-order valence-electron chi connectivity index (χ4n) is 2.91. The summed E-state index contributed by atoms with van der Waals surface area (Å²) in [6.45, 7) is 2.54. The van der Waals surface area contributed by atoms with Crippen LogP contribution in [0.2, 0.25) is 0 Å². The van der Waals surface area contributed by atoms with Gasteiger partial charge in [-0.3, -0.25) is 0 Å². The van der Waals surface area contributed by atoms with Gasteiger partial charge in [-0.2, -0.15) is 0 Å². The minimum absolute atomic E-state index is 0.589. The van der Waals surface area contributed by atoms with Gasteiger partial charge < -0.3 is 14.3 Å². The van der Waals surface area contributed by atoms with Gasteiger partial charge in [0.1, 0.15) is 17.1 Å². The van der Waals surface area contributed by atoms with Crippen LogP contribution in [0.25, 0.3) is 0 Å². The molecule has 100 valence electrons. The van der Waals surface area contributed by atoms with Crippen molar-refractivity contribution >= 4 is 0 Å². The number of hydrogen-bond donors (Lipinski definition) is 1. The van der Waals surface area contributed by atoms with Crippen molar-refractivity contribution in [2.45, 2.75) is 31.8 Å². The number of benzene rings is 1.